The smallest absolute Gasteiger partial charge is 0.313 e. The van der Waals surface area contributed by atoms with Gasteiger partial charge in [-0.25, -0.2) is 0 Å². The highest BCUT2D eigenvalue weighted by Crippen LogP contribution is 2.30. The predicted octanol–water partition coefficient (Wildman–Crippen LogP) is 2.82. The molecule has 2 amide bonds. The number of nitrogens with zero attached hydrogens (tertiary/aromatic N) is 2. The van der Waals surface area contributed by atoms with Crippen LogP contribution in [0.2, 0.25) is 0 Å². The van der Waals surface area contributed by atoms with Crippen LogP contribution in [0.15, 0.2) is 46.9 Å². The summed E-state index contributed by atoms with van der Waals surface area (Å²) in [4.78, 5) is 31.1. The van der Waals surface area contributed by atoms with Gasteiger partial charge in [0.2, 0.25) is 0 Å². The van der Waals surface area contributed by atoms with E-state index in [4.69, 9.17) is 13.9 Å². The lowest BCUT2D eigenvalue weighted by Gasteiger charge is -2.30. The summed E-state index contributed by atoms with van der Waals surface area (Å²) in [5.41, 5.74) is 2.07. The summed E-state index contributed by atoms with van der Waals surface area (Å²) >= 11 is 0. The first kappa shape index (κ1) is 21.5. The number of anilines is 2. The van der Waals surface area contributed by atoms with Crippen LogP contribution in [0.5, 0.6) is 11.5 Å². The molecule has 168 valence electrons. The summed E-state index contributed by atoms with van der Waals surface area (Å²) in [5.74, 6) is -0.0914. The number of benzene rings is 2. The first-order valence-corrected chi connectivity index (χ1v) is 10.5. The van der Waals surface area contributed by atoms with Gasteiger partial charge in [-0.05, 0) is 43.0 Å². The maximum Gasteiger partial charge on any atom is 0.313 e. The molecule has 1 aliphatic heterocycles. The van der Waals surface area contributed by atoms with Crippen molar-refractivity contribution in [1.29, 1.82) is 0 Å². The quantitative estimate of drug-likeness (QED) is 0.570. The number of nitrogens with one attached hydrogen (secondary N) is 2. The van der Waals surface area contributed by atoms with Crippen LogP contribution in [0, 0.1) is 5.92 Å². The zero-order chi connectivity index (χ0) is 22.5. The van der Waals surface area contributed by atoms with Crippen molar-refractivity contribution in [2.24, 2.45) is 5.92 Å². The number of hydrogen-bond donors (Lipinski definition) is 2. The Hall–Kier alpha value is -3.75. The SMILES string of the molecule is COc1ccc(NC(=O)C(=O)NCC2CCN(c3nc4ccccc4o3)CC2)cc1OC. The van der Waals surface area contributed by atoms with Gasteiger partial charge >= 0.3 is 11.8 Å². The molecular formula is C23H26N4O5. The lowest BCUT2D eigenvalue weighted by atomic mass is 9.97. The second-order valence-corrected chi connectivity index (χ2v) is 7.63. The molecule has 1 saturated heterocycles. The van der Waals surface area contributed by atoms with Crippen LogP contribution in [0.4, 0.5) is 11.7 Å². The number of carbonyl (C=O) groups excluding carboxylic acids is 2. The number of methoxy groups -OCH3 is 2. The molecule has 9 nitrogen and oxygen atoms in total. The summed E-state index contributed by atoms with van der Waals surface area (Å²) in [7, 11) is 3.03. The van der Waals surface area contributed by atoms with E-state index in [2.05, 4.69) is 20.5 Å². The van der Waals surface area contributed by atoms with Crippen molar-refractivity contribution in [3.63, 3.8) is 0 Å². The number of oxazole rings is 1. The fourth-order valence-electron chi connectivity index (χ4n) is 3.74. The lowest BCUT2D eigenvalue weighted by Crippen LogP contribution is -2.41. The van der Waals surface area contributed by atoms with E-state index in [-0.39, 0.29) is 5.92 Å². The van der Waals surface area contributed by atoms with Gasteiger partial charge in [0.1, 0.15) is 5.52 Å². The van der Waals surface area contributed by atoms with Crippen LogP contribution in [-0.4, -0.2) is 50.7 Å². The number of piperidine rings is 1. The molecule has 9 heteroatoms. The number of ether oxygens (including phenoxy) is 2. The van der Waals surface area contributed by atoms with Crippen molar-refractivity contribution in [3.05, 3.63) is 42.5 Å². The van der Waals surface area contributed by atoms with E-state index >= 15 is 0 Å². The topological polar surface area (TPSA) is 106 Å². The average molecular weight is 438 g/mol. The molecule has 1 fully saturated rings. The number of hydrogen-bond acceptors (Lipinski definition) is 7. The van der Waals surface area contributed by atoms with Gasteiger partial charge in [0.05, 0.1) is 14.2 Å². The van der Waals surface area contributed by atoms with Crippen LogP contribution in [0.1, 0.15) is 12.8 Å². The van der Waals surface area contributed by atoms with Gasteiger partial charge in [0, 0.05) is 31.4 Å². The van der Waals surface area contributed by atoms with E-state index in [0.29, 0.717) is 29.7 Å². The molecule has 0 saturated carbocycles. The summed E-state index contributed by atoms with van der Waals surface area (Å²) in [6.45, 7) is 2.01. The van der Waals surface area contributed by atoms with Crippen LogP contribution < -0.4 is 25.0 Å². The molecule has 1 aliphatic rings. The highest BCUT2D eigenvalue weighted by atomic mass is 16.5. The third-order valence-corrected chi connectivity index (χ3v) is 5.57. The van der Waals surface area contributed by atoms with Crippen molar-refractivity contribution in [1.82, 2.24) is 10.3 Å². The van der Waals surface area contributed by atoms with Gasteiger partial charge in [-0.2, -0.15) is 4.98 Å². The molecule has 0 unspecified atom stereocenters. The Bertz CT molecular complexity index is 1070. The van der Waals surface area contributed by atoms with E-state index in [1.165, 1.54) is 14.2 Å². The Morgan fingerprint density at radius 3 is 2.53 bits per heavy atom. The van der Waals surface area contributed by atoms with Crippen molar-refractivity contribution in [3.8, 4) is 11.5 Å². The highest BCUT2D eigenvalue weighted by molar-refractivity contribution is 6.39. The fourth-order valence-corrected chi connectivity index (χ4v) is 3.74. The van der Waals surface area contributed by atoms with Gasteiger partial charge in [-0.1, -0.05) is 12.1 Å². The Labute approximate surface area is 185 Å². The second-order valence-electron chi connectivity index (χ2n) is 7.63. The maximum atomic E-state index is 12.2. The predicted molar refractivity (Wildman–Crippen MR) is 120 cm³/mol. The van der Waals surface area contributed by atoms with E-state index in [1.807, 2.05) is 24.3 Å². The Kier molecular flexibility index (Phi) is 6.44. The molecule has 0 radical (unpaired) electrons. The average Bonchev–Trinajstić information content (AvgIpc) is 3.27. The molecule has 0 aliphatic carbocycles. The standard InChI is InChI=1S/C23H26N4O5/c1-30-19-8-7-16(13-20(19)31-2)25-22(29)21(28)24-14-15-9-11-27(12-10-15)23-26-17-5-3-4-6-18(17)32-23/h3-8,13,15H,9-12,14H2,1-2H3,(H,24,28)(H,25,29). The maximum absolute atomic E-state index is 12.2. The van der Waals surface area contributed by atoms with E-state index in [1.54, 1.807) is 18.2 Å². The minimum absolute atomic E-state index is 0.286. The van der Waals surface area contributed by atoms with Crippen LogP contribution in [0.25, 0.3) is 11.1 Å². The van der Waals surface area contributed by atoms with Crippen LogP contribution in [-0.2, 0) is 9.59 Å². The molecule has 32 heavy (non-hydrogen) atoms. The monoisotopic (exact) mass is 438 g/mol. The van der Waals surface area contributed by atoms with Crippen molar-refractivity contribution in [2.75, 3.05) is 44.1 Å². The number of carbonyl (C=O) groups is 2. The molecule has 4 rings (SSSR count). The van der Waals surface area contributed by atoms with Crippen molar-refractivity contribution < 1.29 is 23.5 Å². The zero-order valence-corrected chi connectivity index (χ0v) is 18.1. The van der Waals surface area contributed by atoms with Gasteiger partial charge in [-0.15, -0.1) is 0 Å². The number of fused-ring (bicyclic) bond motifs is 1. The second kappa shape index (κ2) is 9.59. The summed E-state index contributed by atoms with van der Waals surface area (Å²) < 4.78 is 16.2. The van der Waals surface area contributed by atoms with Crippen LogP contribution in [0.3, 0.4) is 0 Å². The van der Waals surface area contributed by atoms with E-state index in [0.717, 1.165) is 37.0 Å². The van der Waals surface area contributed by atoms with Gasteiger partial charge in [-0.3, -0.25) is 9.59 Å². The van der Waals surface area contributed by atoms with Gasteiger partial charge in [0.15, 0.2) is 17.1 Å². The minimum Gasteiger partial charge on any atom is -0.493 e. The van der Waals surface area contributed by atoms with Crippen LogP contribution >= 0.6 is 0 Å². The molecule has 0 spiro atoms. The largest absolute Gasteiger partial charge is 0.493 e. The molecule has 2 N–H and O–H groups in total. The third kappa shape index (κ3) is 4.77. The molecular weight excluding hydrogens is 412 g/mol. The zero-order valence-electron chi connectivity index (χ0n) is 18.1. The van der Waals surface area contributed by atoms with E-state index < -0.39 is 11.8 Å². The number of aromatic nitrogens is 1. The molecule has 2 aromatic carbocycles. The normalized spacial score (nSPS) is 14.2. The molecule has 3 aromatic rings. The van der Waals surface area contributed by atoms with E-state index in [9.17, 15) is 9.59 Å². The molecule has 1 aromatic heterocycles. The number of para-hydroxylation sites is 2. The minimum atomic E-state index is -0.721. The van der Waals surface area contributed by atoms with Crippen molar-refractivity contribution >= 4 is 34.6 Å². The van der Waals surface area contributed by atoms with Crippen molar-refractivity contribution in [2.45, 2.75) is 12.8 Å². The molecule has 0 bridgehead atoms. The highest BCUT2D eigenvalue weighted by Gasteiger charge is 2.24. The number of amides is 2. The summed E-state index contributed by atoms with van der Waals surface area (Å²) in [6.07, 6.45) is 1.74. The first-order valence-electron chi connectivity index (χ1n) is 10.5. The fraction of sp³-hybridized carbons (Fsp3) is 0.348. The Morgan fingerprint density at radius 2 is 1.81 bits per heavy atom. The summed E-state index contributed by atoms with van der Waals surface area (Å²) in [5, 5.41) is 5.32. The first-order chi connectivity index (χ1) is 15.6. The summed E-state index contributed by atoms with van der Waals surface area (Å²) in [6, 6.07) is 13.2. The van der Waals surface area contributed by atoms with Gasteiger partial charge < -0.3 is 29.4 Å². The third-order valence-electron chi connectivity index (χ3n) is 5.57. The van der Waals surface area contributed by atoms with Gasteiger partial charge in [0.25, 0.3) is 6.01 Å². The molecule has 0 atom stereocenters. The number of rotatable bonds is 6. The molecule has 2 heterocycles. The lowest BCUT2D eigenvalue weighted by molar-refractivity contribution is -0.136. The Balaban J connectivity index is 1.24. The Morgan fingerprint density at radius 1 is 1.06 bits per heavy atom.